The quantitative estimate of drug-likeness (QED) is 0.210. The van der Waals surface area contributed by atoms with E-state index in [1.54, 1.807) is 24.3 Å². The summed E-state index contributed by atoms with van der Waals surface area (Å²) in [5.74, 6) is -3.55. The van der Waals surface area contributed by atoms with Crippen LogP contribution in [0.2, 0.25) is 5.02 Å². The van der Waals surface area contributed by atoms with E-state index in [2.05, 4.69) is 5.32 Å². The molecule has 0 aromatic heterocycles. The summed E-state index contributed by atoms with van der Waals surface area (Å²) in [5.41, 5.74) is 4.01. The van der Waals surface area contributed by atoms with Crippen LogP contribution in [0, 0.1) is 11.8 Å². The monoisotopic (exact) mass is 600 g/mol. The lowest BCUT2D eigenvalue weighted by molar-refractivity contribution is -0.146. The van der Waals surface area contributed by atoms with Crippen molar-refractivity contribution in [3.05, 3.63) is 136 Å². The van der Waals surface area contributed by atoms with Crippen molar-refractivity contribution >= 4 is 58.2 Å². The highest BCUT2D eigenvalue weighted by Gasteiger charge is 2.73. The van der Waals surface area contributed by atoms with Crippen LogP contribution >= 0.6 is 34.8 Å². The van der Waals surface area contributed by atoms with Gasteiger partial charge in [-0.1, -0.05) is 103 Å². The van der Waals surface area contributed by atoms with Gasteiger partial charge in [0, 0.05) is 6.42 Å². The van der Waals surface area contributed by atoms with Crippen LogP contribution < -0.4 is 5.32 Å². The normalized spacial score (nSPS) is 26.3. The Labute approximate surface area is 252 Å². The summed E-state index contributed by atoms with van der Waals surface area (Å²) in [6.45, 7) is 0. The Morgan fingerprint density at radius 1 is 0.707 bits per heavy atom. The van der Waals surface area contributed by atoms with E-state index in [1.807, 2.05) is 78.9 Å². The van der Waals surface area contributed by atoms with Gasteiger partial charge in [-0.15, -0.1) is 23.2 Å². The lowest BCUT2D eigenvalue weighted by atomic mass is 9.54. The Morgan fingerprint density at radius 3 is 1.63 bits per heavy atom. The van der Waals surface area contributed by atoms with E-state index in [9.17, 15) is 14.4 Å². The van der Waals surface area contributed by atoms with Crippen molar-refractivity contribution in [3.63, 3.8) is 0 Å². The molecule has 1 aliphatic heterocycles. The van der Waals surface area contributed by atoms with Crippen molar-refractivity contribution in [2.45, 2.75) is 22.2 Å². The minimum atomic E-state index is -1.33. The van der Waals surface area contributed by atoms with Crippen molar-refractivity contribution in [1.29, 1.82) is 0 Å². The molecule has 41 heavy (non-hydrogen) atoms. The topological polar surface area (TPSA) is 66.5 Å². The van der Waals surface area contributed by atoms with E-state index in [1.165, 1.54) is 0 Å². The lowest BCUT2D eigenvalue weighted by Crippen LogP contribution is -2.57. The van der Waals surface area contributed by atoms with Crippen LogP contribution in [0.4, 0.5) is 5.69 Å². The summed E-state index contributed by atoms with van der Waals surface area (Å²) >= 11 is 21.5. The molecule has 8 rings (SSSR count). The number of carbonyl (C=O) groups excluding carboxylic acids is 3. The first kappa shape index (κ1) is 26.3. The smallest absolute Gasteiger partial charge is 0.248 e. The summed E-state index contributed by atoms with van der Waals surface area (Å²) < 4.78 is 0. The molecule has 3 aliphatic carbocycles. The average molecular weight is 602 g/mol. The van der Waals surface area contributed by atoms with Gasteiger partial charge in [-0.2, -0.15) is 0 Å². The zero-order valence-electron chi connectivity index (χ0n) is 21.6. The summed E-state index contributed by atoms with van der Waals surface area (Å²) in [6.07, 6.45) is 0.110. The number of para-hydroxylation sites is 1. The summed E-state index contributed by atoms with van der Waals surface area (Å²) in [5, 5.41) is 3.18. The van der Waals surface area contributed by atoms with Gasteiger partial charge in [0.05, 0.1) is 22.5 Å². The Hall–Kier alpha value is -3.64. The lowest BCUT2D eigenvalue weighted by Gasteiger charge is -2.54. The van der Waals surface area contributed by atoms with E-state index in [4.69, 9.17) is 34.8 Å². The largest absolute Gasteiger partial charge is 0.323 e. The molecule has 4 aliphatic rings. The van der Waals surface area contributed by atoms with E-state index >= 15 is 0 Å². The first-order chi connectivity index (χ1) is 19.8. The zero-order valence-corrected chi connectivity index (χ0v) is 23.8. The number of likely N-dealkylation sites (tertiary alicyclic amines) is 1. The van der Waals surface area contributed by atoms with Crippen LogP contribution in [0.3, 0.4) is 0 Å². The fraction of sp³-hybridized carbons (Fsp3) is 0.182. The molecule has 3 amide bonds. The molecule has 1 fully saturated rings. The number of benzene rings is 4. The second kappa shape index (κ2) is 9.45. The molecule has 0 spiro atoms. The van der Waals surface area contributed by atoms with Gasteiger partial charge in [0.25, 0.3) is 0 Å². The Balaban J connectivity index is 1.37. The molecule has 4 aromatic carbocycles. The maximum atomic E-state index is 14.5. The van der Waals surface area contributed by atoms with Gasteiger partial charge in [-0.25, -0.2) is 0 Å². The molecular formula is C33H23Cl3N2O3. The first-order valence-electron chi connectivity index (χ1n) is 13.3. The van der Waals surface area contributed by atoms with Crippen molar-refractivity contribution in [1.82, 2.24) is 4.90 Å². The van der Waals surface area contributed by atoms with E-state index in [-0.39, 0.29) is 6.42 Å². The number of nitrogens with one attached hydrogen (secondary N) is 1. The Morgan fingerprint density at radius 2 is 1.15 bits per heavy atom. The van der Waals surface area contributed by atoms with Gasteiger partial charge >= 0.3 is 0 Å². The predicted molar refractivity (Wildman–Crippen MR) is 159 cm³/mol. The van der Waals surface area contributed by atoms with Crippen LogP contribution in [0.5, 0.6) is 0 Å². The third-order valence-corrected chi connectivity index (χ3v) is 10.3. The van der Waals surface area contributed by atoms with Gasteiger partial charge in [0.2, 0.25) is 17.7 Å². The molecule has 4 aromatic rings. The van der Waals surface area contributed by atoms with Crippen molar-refractivity contribution in [2.75, 3.05) is 5.32 Å². The number of hydrogen-bond acceptors (Lipinski definition) is 3. The maximum Gasteiger partial charge on any atom is 0.248 e. The second-order valence-electron chi connectivity index (χ2n) is 10.7. The molecule has 8 heteroatoms. The van der Waals surface area contributed by atoms with Gasteiger partial charge in [0.15, 0.2) is 0 Å². The molecule has 3 atom stereocenters. The summed E-state index contributed by atoms with van der Waals surface area (Å²) in [6, 6.07) is 29.9. The van der Waals surface area contributed by atoms with Crippen LogP contribution in [-0.2, 0) is 30.6 Å². The van der Waals surface area contributed by atoms with Gasteiger partial charge in [-0.3, -0.25) is 19.3 Å². The third-order valence-electron chi connectivity index (χ3n) is 8.64. The van der Waals surface area contributed by atoms with Gasteiger partial charge in [-0.05, 0) is 39.9 Å². The number of rotatable bonds is 5. The molecule has 0 unspecified atom stereocenters. The maximum absolute atomic E-state index is 14.5. The number of amides is 3. The zero-order chi connectivity index (χ0) is 28.5. The molecule has 0 saturated carbocycles. The summed E-state index contributed by atoms with van der Waals surface area (Å²) in [7, 11) is 0. The number of halogens is 3. The standard InChI is InChI=1S/C33H23Cl3N2O3/c34-24-16-8-9-17-25(24)37-29(39)26(18-19-10-2-1-3-11-19)38-30(40)27-28(31(38)41)33(36)21-13-5-4-12-20(21)32(27,35)22-14-6-7-15-23(22)33/h1-17,26-28H,18H2,(H,37,39)/t26-,27+,28+,32?,33?/m0/s1. The van der Waals surface area contributed by atoms with E-state index < -0.39 is 45.3 Å². The summed E-state index contributed by atoms with van der Waals surface area (Å²) in [4.78, 5) is 41.4. The second-order valence-corrected chi connectivity index (χ2v) is 12.3. The van der Waals surface area contributed by atoms with Crippen molar-refractivity contribution < 1.29 is 14.4 Å². The highest BCUT2D eigenvalue weighted by molar-refractivity contribution is 6.36. The highest BCUT2D eigenvalue weighted by Crippen LogP contribution is 2.69. The van der Waals surface area contributed by atoms with E-state index in [0.29, 0.717) is 33.0 Å². The fourth-order valence-corrected chi connectivity index (χ4v) is 8.19. The minimum absolute atomic E-state index is 0.110. The molecule has 1 heterocycles. The number of alkyl halides is 2. The molecule has 0 radical (unpaired) electrons. The van der Waals surface area contributed by atoms with Crippen LogP contribution in [0.25, 0.3) is 0 Å². The molecule has 5 nitrogen and oxygen atoms in total. The third kappa shape index (κ3) is 3.59. The van der Waals surface area contributed by atoms with Crippen LogP contribution in [0.15, 0.2) is 103 Å². The Bertz CT molecular complexity index is 1620. The molecule has 2 bridgehead atoms. The highest BCUT2D eigenvalue weighted by atomic mass is 35.5. The fourth-order valence-electron chi connectivity index (χ4n) is 6.91. The molecule has 1 N–H and O–H groups in total. The van der Waals surface area contributed by atoms with Crippen LogP contribution in [-0.4, -0.2) is 28.7 Å². The predicted octanol–water partition coefficient (Wildman–Crippen LogP) is 6.48. The van der Waals surface area contributed by atoms with Crippen molar-refractivity contribution in [2.24, 2.45) is 11.8 Å². The minimum Gasteiger partial charge on any atom is -0.323 e. The molecule has 1 saturated heterocycles. The average Bonchev–Trinajstić information content (AvgIpc) is 3.27. The molecular weight excluding hydrogens is 579 g/mol. The number of anilines is 1. The van der Waals surface area contributed by atoms with Crippen molar-refractivity contribution in [3.8, 4) is 0 Å². The number of nitrogens with zero attached hydrogens (tertiary/aromatic N) is 1. The SMILES string of the molecule is O=C(Nc1ccccc1Cl)[C@H](Cc1ccccc1)N1C(=O)[C@H]2[C@H](C1=O)C1(Cl)c3ccccc3C2(Cl)c2ccccc21. The number of imide groups is 1. The number of hydrogen-bond donors (Lipinski definition) is 1. The van der Waals surface area contributed by atoms with Crippen LogP contribution in [0.1, 0.15) is 27.8 Å². The first-order valence-corrected chi connectivity index (χ1v) is 14.4. The molecule has 204 valence electrons. The van der Waals surface area contributed by atoms with Gasteiger partial charge < -0.3 is 5.32 Å². The number of carbonyl (C=O) groups is 3. The van der Waals surface area contributed by atoms with E-state index in [0.717, 1.165) is 10.5 Å². The van der Waals surface area contributed by atoms with Gasteiger partial charge in [0.1, 0.15) is 15.8 Å². The Kier molecular flexibility index (Phi) is 6.06.